The van der Waals surface area contributed by atoms with E-state index in [0.717, 1.165) is 37.9 Å². The molecule has 2 amide bonds. The normalized spacial score (nSPS) is 13.7. The van der Waals surface area contributed by atoms with Gasteiger partial charge in [0.2, 0.25) is 0 Å². The van der Waals surface area contributed by atoms with Gasteiger partial charge in [0.15, 0.2) is 5.82 Å². The number of imidazole rings is 1. The van der Waals surface area contributed by atoms with Gasteiger partial charge >= 0.3 is 0 Å². The number of fused-ring (bicyclic) bond motifs is 1. The van der Waals surface area contributed by atoms with Crippen molar-refractivity contribution in [3.05, 3.63) is 17.2 Å². The van der Waals surface area contributed by atoms with Crippen molar-refractivity contribution in [1.82, 2.24) is 20.2 Å². The van der Waals surface area contributed by atoms with Gasteiger partial charge in [0.1, 0.15) is 5.69 Å². The van der Waals surface area contributed by atoms with Gasteiger partial charge in [0.25, 0.3) is 11.8 Å². The maximum absolute atomic E-state index is 12.4. The number of amides is 2. The van der Waals surface area contributed by atoms with E-state index in [1.54, 1.807) is 7.11 Å². The summed E-state index contributed by atoms with van der Waals surface area (Å²) < 4.78 is 6.85. The maximum atomic E-state index is 12.4. The number of hydrogen-bond acceptors (Lipinski definition) is 4. The van der Waals surface area contributed by atoms with E-state index >= 15 is 0 Å². The van der Waals surface area contributed by atoms with Crippen LogP contribution >= 0.6 is 0 Å². The number of carbonyl (C=O) groups is 2. The SMILES string of the molecule is COCCNC(=O)c1nc(C(=O)NCCC(C)C)n2c1CCCC2. The molecular weight excluding hydrogens is 308 g/mol. The summed E-state index contributed by atoms with van der Waals surface area (Å²) in [6, 6.07) is 0. The van der Waals surface area contributed by atoms with Gasteiger partial charge in [0.05, 0.1) is 12.3 Å². The van der Waals surface area contributed by atoms with Crippen molar-refractivity contribution in [2.45, 2.75) is 46.1 Å². The van der Waals surface area contributed by atoms with Gasteiger partial charge in [0, 0.05) is 26.7 Å². The smallest absolute Gasteiger partial charge is 0.287 e. The minimum absolute atomic E-state index is 0.199. The van der Waals surface area contributed by atoms with E-state index in [1.807, 2.05) is 4.57 Å². The largest absolute Gasteiger partial charge is 0.383 e. The summed E-state index contributed by atoms with van der Waals surface area (Å²) in [7, 11) is 1.59. The lowest BCUT2D eigenvalue weighted by Gasteiger charge is -2.17. The van der Waals surface area contributed by atoms with E-state index in [9.17, 15) is 9.59 Å². The number of nitrogens with zero attached hydrogens (tertiary/aromatic N) is 2. The predicted octanol–water partition coefficient (Wildman–Crippen LogP) is 1.37. The molecule has 0 radical (unpaired) electrons. The summed E-state index contributed by atoms with van der Waals surface area (Å²) >= 11 is 0. The standard InChI is InChI=1S/C17H28N4O3/c1-12(2)7-8-18-17(23)15-20-14(16(22)19-9-11-24-3)13-6-4-5-10-21(13)15/h12H,4-11H2,1-3H3,(H,18,23)(H,19,22). The molecule has 0 saturated carbocycles. The highest BCUT2D eigenvalue weighted by atomic mass is 16.5. The number of carbonyl (C=O) groups excluding carboxylic acids is 2. The first-order valence-corrected chi connectivity index (χ1v) is 8.69. The number of hydrogen-bond donors (Lipinski definition) is 2. The fraction of sp³-hybridized carbons (Fsp3) is 0.706. The molecule has 0 unspecified atom stereocenters. The molecule has 2 heterocycles. The van der Waals surface area contributed by atoms with Crippen LogP contribution in [0.25, 0.3) is 0 Å². The molecule has 1 aliphatic rings. The molecule has 2 N–H and O–H groups in total. The van der Waals surface area contributed by atoms with E-state index in [1.165, 1.54) is 0 Å². The lowest BCUT2D eigenvalue weighted by Crippen LogP contribution is -2.29. The monoisotopic (exact) mass is 336 g/mol. The molecule has 1 aromatic rings. The Kier molecular flexibility index (Phi) is 6.78. The van der Waals surface area contributed by atoms with Gasteiger partial charge in [-0.05, 0) is 31.6 Å². The van der Waals surface area contributed by atoms with E-state index in [4.69, 9.17) is 4.74 Å². The Morgan fingerprint density at radius 3 is 2.67 bits per heavy atom. The highest BCUT2D eigenvalue weighted by molar-refractivity contribution is 5.97. The third kappa shape index (κ3) is 4.56. The Morgan fingerprint density at radius 1 is 1.21 bits per heavy atom. The van der Waals surface area contributed by atoms with Crippen LogP contribution in [-0.2, 0) is 17.7 Å². The number of nitrogens with one attached hydrogen (secondary N) is 2. The first kappa shape index (κ1) is 18.4. The zero-order chi connectivity index (χ0) is 17.5. The number of rotatable bonds is 8. The molecule has 0 spiro atoms. The molecule has 0 bridgehead atoms. The predicted molar refractivity (Wildman–Crippen MR) is 91.2 cm³/mol. The van der Waals surface area contributed by atoms with Crippen LogP contribution in [0.2, 0.25) is 0 Å². The molecule has 1 aliphatic heterocycles. The van der Waals surface area contributed by atoms with Gasteiger partial charge in [-0.25, -0.2) is 4.98 Å². The molecule has 0 aliphatic carbocycles. The molecule has 7 nitrogen and oxygen atoms in total. The Labute approximate surface area is 143 Å². The summed E-state index contributed by atoms with van der Waals surface area (Å²) in [4.78, 5) is 29.2. The second-order valence-electron chi connectivity index (χ2n) is 6.53. The minimum Gasteiger partial charge on any atom is -0.383 e. The third-order valence-corrected chi connectivity index (χ3v) is 4.13. The fourth-order valence-corrected chi connectivity index (χ4v) is 2.80. The van der Waals surface area contributed by atoms with Crippen LogP contribution < -0.4 is 10.6 Å². The fourth-order valence-electron chi connectivity index (χ4n) is 2.80. The third-order valence-electron chi connectivity index (χ3n) is 4.13. The van der Waals surface area contributed by atoms with Gasteiger partial charge in [-0.1, -0.05) is 13.8 Å². The van der Waals surface area contributed by atoms with Crippen LogP contribution in [0.1, 0.15) is 59.9 Å². The van der Waals surface area contributed by atoms with Crippen molar-refractivity contribution in [3.8, 4) is 0 Å². The zero-order valence-corrected chi connectivity index (χ0v) is 14.9. The van der Waals surface area contributed by atoms with Crippen molar-refractivity contribution >= 4 is 11.8 Å². The maximum Gasteiger partial charge on any atom is 0.287 e. The molecule has 134 valence electrons. The Hall–Kier alpha value is -1.89. The molecule has 0 fully saturated rings. The molecule has 0 aromatic carbocycles. The number of aromatic nitrogens is 2. The first-order valence-electron chi connectivity index (χ1n) is 8.69. The Bertz CT molecular complexity index is 581. The zero-order valence-electron chi connectivity index (χ0n) is 14.9. The van der Waals surface area contributed by atoms with Crippen LogP contribution in [0.5, 0.6) is 0 Å². The van der Waals surface area contributed by atoms with E-state index in [2.05, 4.69) is 29.5 Å². The Balaban J connectivity index is 2.13. The van der Waals surface area contributed by atoms with Gasteiger partial charge in [-0.3, -0.25) is 9.59 Å². The van der Waals surface area contributed by atoms with Gasteiger partial charge in [-0.15, -0.1) is 0 Å². The highest BCUT2D eigenvalue weighted by Gasteiger charge is 2.27. The summed E-state index contributed by atoms with van der Waals surface area (Å²) in [5.74, 6) is 0.445. The van der Waals surface area contributed by atoms with Crippen molar-refractivity contribution in [2.24, 2.45) is 5.92 Å². The van der Waals surface area contributed by atoms with Crippen LogP contribution in [0.15, 0.2) is 0 Å². The molecule has 0 saturated heterocycles. The van der Waals surface area contributed by atoms with E-state index in [-0.39, 0.29) is 11.8 Å². The van der Waals surface area contributed by atoms with E-state index in [0.29, 0.717) is 37.1 Å². The van der Waals surface area contributed by atoms with E-state index < -0.39 is 0 Å². The van der Waals surface area contributed by atoms with Crippen LogP contribution in [0.4, 0.5) is 0 Å². The average molecular weight is 336 g/mol. The van der Waals surface area contributed by atoms with Crippen molar-refractivity contribution in [3.63, 3.8) is 0 Å². The van der Waals surface area contributed by atoms with Crippen molar-refractivity contribution < 1.29 is 14.3 Å². The minimum atomic E-state index is -0.237. The van der Waals surface area contributed by atoms with Gasteiger partial charge in [-0.2, -0.15) is 0 Å². The quantitative estimate of drug-likeness (QED) is 0.702. The average Bonchev–Trinajstić information content (AvgIpc) is 2.94. The van der Waals surface area contributed by atoms with Crippen LogP contribution in [0.3, 0.4) is 0 Å². The molecule has 2 rings (SSSR count). The summed E-state index contributed by atoms with van der Waals surface area (Å²) in [6.45, 7) is 6.47. The highest BCUT2D eigenvalue weighted by Crippen LogP contribution is 2.21. The van der Waals surface area contributed by atoms with Crippen molar-refractivity contribution in [2.75, 3.05) is 26.8 Å². The molecular formula is C17H28N4O3. The van der Waals surface area contributed by atoms with Crippen LogP contribution in [0, 0.1) is 5.92 Å². The number of ether oxygens (including phenoxy) is 1. The molecule has 7 heteroatoms. The lowest BCUT2D eigenvalue weighted by atomic mass is 10.1. The number of methoxy groups -OCH3 is 1. The van der Waals surface area contributed by atoms with Crippen molar-refractivity contribution in [1.29, 1.82) is 0 Å². The topological polar surface area (TPSA) is 85.2 Å². The summed E-state index contributed by atoms with van der Waals surface area (Å²) in [6.07, 6.45) is 3.71. The second kappa shape index (κ2) is 8.82. The molecule has 24 heavy (non-hydrogen) atoms. The molecule has 0 atom stereocenters. The van der Waals surface area contributed by atoms with Gasteiger partial charge < -0.3 is 19.9 Å². The summed E-state index contributed by atoms with van der Waals surface area (Å²) in [5, 5.41) is 5.70. The molecule has 1 aromatic heterocycles. The van der Waals surface area contributed by atoms with Crippen LogP contribution in [-0.4, -0.2) is 48.2 Å². The first-order chi connectivity index (χ1) is 11.5. The summed E-state index contributed by atoms with van der Waals surface area (Å²) in [5.41, 5.74) is 1.24. The lowest BCUT2D eigenvalue weighted by molar-refractivity contribution is 0.0931. The Morgan fingerprint density at radius 2 is 1.96 bits per heavy atom. The second-order valence-corrected chi connectivity index (χ2v) is 6.53.